The number of carbonyl (C=O) groups is 1. The molecular weight excluding hydrogens is 280 g/mol. The number of aromatic nitrogens is 3. The van der Waals surface area contributed by atoms with Crippen molar-refractivity contribution < 1.29 is 9.90 Å². The van der Waals surface area contributed by atoms with Gasteiger partial charge in [0.05, 0.1) is 11.9 Å². The first-order chi connectivity index (χ1) is 10.5. The fourth-order valence-corrected chi connectivity index (χ4v) is 2.56. The maximum Gasteiger partial charge on any atom is 0.375 e. The normalized spacial score (nSPS) is 17.2. The highest BCUT2D eigenvalue weighted by Crippen LogP contribution is 2.25. The summed E-state index contributed by atoms with van der Waals surface area (Å²) in [6.45, 7) is 11.5. The molecule has 3 heterocycles. The van der Waals surface area contributed by atoms with E-state index in [2.05, 4.69) is 28.5 Å². The summed E-state index contributed by atoms with van der Waals surface area (Å²) in [7, 11) is 0. The summed E-state index contributed by atoms with van der Waals surface area (Å²) < 4.78 is 1.57. The van der Waals surface area contributed by atoms with Crippen molar-refractivity contribution in [3.05, 3.63) is 36.3 Å². The first-order valence-electron chi connectivity index (χ1n) is 7.38. The standard InChI is InChI=1S/C13H16N4O2.C3H6/c1-8-3-4-16(6-8)10-5-9(2)12-14-11(13(18)19)15-17(12)7-10;1-3-2/h5,7-8H,3-4,6H2,1-2H3,(H,18,19);3H,1H2,2H3. The summed E-state index contributed by atoms with van der Waals surface area (Å²) in [5.74, 6) is -0.559. The van der Waals surface area contributed by atoms with Gasteiger partial charge in [-0.1, -0.05) is 13.0 Å². The number of nitrogens with zero attached hydrogens (tertiary/aromatic N) is 4. The largest absolute Gasteiger partial charge is 0.475 e. The molecule has 0 spiro atoms. The summed E-state index contributed by atoms with van der Waals surface area (Å²) >= 11 is 0. The first kappa shape index (κ1) is 16.0. The monoisotopic (exact) mass is 302 g/mol. The average Bonchev–Trinajstić information content (AvgIpc) is 3.05. The van der Waals surface area contributed by atoms with Gasteiger partial charge in [-0.15, -0.1) is 11.7 Å². The van der Waals surface area contributed by atoms with Crippen LogP contribution in [0.5, 0.6) is 0 Å². The number of aryl methyl sites for hydroxylation is 1. The molecule has 0 bridgehead atoms. The molecule has 0 saturated carbocycles. The molecule has 6 nitrogen and oxygen atoms in total. The number of hydrogen-bond donors (Lipinski definition) is 1. The highest BCUT2D eigenvalue weighted by atomic mass is 16.4. The van der Waals surface area contributed by atoms with Gasteiger partial charge in [-0.05, 0) is 37.8 Å². The third-order valence-electron chi connectivity index (χ3n) is 3.58. The van der Waals surface area contributed by atoms with Crippen molar-refractivity contribution in [3.63, 3.8) is 0 Å². The van der Waals surface area contributed by atoms with Crippen LogP contribution in [0.2, 0.25) is 0 Å². The second kappa shape index (κ2) is 6.60. The van der Waals surface area contributed by atoms with Gasteiger partial charge in [0.15, 0.2) is 5.65 Å². The van der Waals surface area contributed by atoms with Crippen LogP contribution in [0, 0.1) is 12.8 Å². The molecule has 1 atom stereocenters. The highest BCUT2D eigenvalue weighted by molar-refractivity contribution is 5.84. The smallest absolute Gasteiger partial charge is 0.375 e. The first-order valence-corrected chi connectivity index (χ1v) is 7.38. The number of rotatable bonds is 2. The summed E-state index contributed by atoms with van der Waals surface area (Å²) in [4.78, 5) is 17.3. The Labute approximate surface area is 130 Å². The van der Waals surface area contributed by atoms with Crippen LogP contribution < -0.4 is 4.90 Å². The molecule has 2 aromatic heterocycles. The maximum absolute atomic E-state index is 10.9. The van der Waals surface area contributed by atoms with Crippen molar-refractivity contribution in [1.29, 1.82) is 0 Å². The van der Waals surface area contributed by atoms with Gasteiger partial charge in [0.1, 0.15) is 0 Å². The van der Waals surface area contributed by atoms with Gasteiger partial charge in [-0.2, -0.15) is 0 Å². The van der Waals surface area contributed by atoms with Crippen LogP contribution in [-0.4, -0.2) is 38.8 Å². The lowest BCUT2D eigenvalue weighted by atomic mass is 10.2. The lowest BCUT2D eigenvalue weighted by Crippen LogP contribution is -2.19. The average molecular weight is 302 g/mol. The van der Waals surface area contributed by atoms with Gasteiger partial charge >= 0.3 is 5.97 Å². The van der Waals surface area contributed by atoms with Gasteiger partial charge < -0.3 is 10.0 Å². The molecule has 0 aliphatic carbocycles. The minimum atomic E-state index is -1.10. The van der Waals surface area contributed by atoms with Gasteiger partial charge in [0, 0.05) is 13.1 Å². The van der Waals surface area contributed by atoms with E-state index in [0.29, 0.717) is 11.6 Å². The summed E-state index contributed by atoms with van der Waals surface area (Å²) in [6, 6.07) is 2.05. The van der Waals surface area contributed by atoms with E-state index in [0.717, 1.165) is 24.3 Å². The molecule has 0 radical (unpaired) electrons. The predicted molar refractivity (Wildman–Crippen MR) is 86.5 cm³/mol. The van der Waals surface area contributed by atoms with Crippen LogP contribution >= 0.6 is 0 Å². The van der Waals surface area contributed by atoms with Crippen molar-refractivity contribution in [1.82, 2.24) is 14.6 Å². The fraction of sp³-hybridized carbons (Fsp3) is 0.438. The van der Waals surface area contributed by atoms with Crippen LogP contribution in [0.4, 0.5) is 5.69 Å². The Balaban J connectivity index is 0.000000545. The highest BCUT2D eigenvalue weighted by Gasteiger charge is 2.21. The number of carboxylic acid groups (broad SMARTS) is 1. The molecule has 1 aliphatic rings. The minimum absolute atomic E-state index is 0.157. The van der Waals surface area contributed by atoms with E-state index in [-0.39, 0.29) is 5.82 Å². The molecule has 1 saturated heterocycles. The molecule has 1 unspecified atom stereocenters. The maximum atomic E-state index is 10.9. The Morgan fingerprint density at radius 2 is 2.23 bits per heavy atom. The van der Waals surface area contributed by atoms with Crippen molar-refractivity contribution in [3.8, 4) is 0 Å². The Morgan fingerprint density at radius 3 is 2.77 bits per heavy atom. The Morgan fingerprint density at radius 1 is 1.55 bits per heavy atom. The van der Waals surface area contributed by atoms with E-state index in [1.807, 2.05) is 26.1 Å². The van der Waals surface area contributed by atoms with E-state index in [1.165, 1.54) is 6.42 Å². The van der Waals surface area contributed by atoms with Crippen molar-refractivity contribution in [2.75, 3.05) is 18.0 Å². The van der Waals surface area contributed by atoms with Crippen LogP contribution in [0.15, 0.2) is 24.9 Å². The number of anilines is 1. The number of hydrogen-bond acceptors (Lipinski definition) is 4. The zero-order valence-electron chi connectivity index (χ0n) is 13.3. The molecule has 118 valence electrons. The van der Waals surface area contributed by atoms with E-state index < -0.39 is 5.97 Å². The molecule has 3 rings (SSSR count). The fourth-order valence-electron chi connectivity index (χ4n) is 2.56. The SMILES string of the molecule is C=CC.Cc1cc(N2CCC(C)C2)cn2nc(C(=O)O)nc12. The molecule has 6 heteroatoms. The molecule has 22 heavy (non-hydrogen) atoms. The summed E-state index contributed by atoms with van der Waals surface area (Å²) in [6.07, 6.45) is 4.80. The Bertz CT molecular complexity index is 693. The van der Waals surface area contributed by atoms with Gasteiger partial charge in [-0.25, -0.2) is 14.3 Å². The zero-order valence-corrected chi connectivity index (χ0v) is 13.3. The third kappa shape index (κ3) is 3.27. The Kier molecular flexibility index (Phi) is 4.80. The van der Waals surface area contributed by atoms with Crippen LogP contribution in [0.3, 0.4) is 0 Å². The van der Waals surface area contributed by atoms with Gasteiger partial charge in [0.25, 0.3) is 5.82 Å². The van der Waals surface area contributed by atoms with Gasteiger partial charge in [0.2, 0.25) is 0 Å². The number of allylic oxidation sites excluding steroid dienone is 1. The van der Waals surface area contributed by atoms with Crippen molar-refractivity contribution >= 4 is 17.3 Å². The molecule has 1 fully saturated rings. The van der Waals surface area contributed by atoms with E-state index >= 15 is 0 Å². The van der Waals surface area contributed by atoms with Crippen LogP contribution in [-0.2, 0) is 0 Å². The molecule has 0 aromatic carbocycles. The number of carboxylic acids is 1. The van der Waals surface area contributed by atoms with Crippen molar-refractivity contribution in [2.45, 2.75) is 27.2 Å². The van der Waals surface area contributed by atoms with Crippen molar-refractivity contribution in [2.24, 2.45) is 5.92 Å². The summed E-state index contributed by atoms with van der Waals surface area (Å²) in [5, 5.41) is 12.9. The molecule has 0 amide bonds. The molecule has 2 aromatic rings. The zero-order chi connectivity index (χ0) is 16.3. The molecular formula is C16H22N4O2. The topological polar surface area (TPSA) is 70.7 Å². The second-order valence-electron chi connectivity index (χ2n) is 5.64. The van der Waals surface area contributed by atoms with E-state index in [1.54, 1.807) is 10.6 Å². The van der Waals surface area contributed by atoms with Gasteiger partial charge in [-0.3, -0.25) is 0 Å². The quantitative estimate of drug-likeness (QED) is 0.864. The van der Waals surface area contributed by atoms with Crippen LogP contribution in [0.1, 0.15) is 36.5 Å². The molecule has 1 N–H and O–H groups in total. The molecule has 1 aliphatic heterocycles. The number of aromatic carboxylic acids is 1. The second-order valence-corrected chi connectivity index (χ2v) is 5.64. The van der Waals surface area contributed by atoms with Crippen LogP contribution in [0.25, 0.3) is 5.65 Å². The number of pyridine rings is 1. The predicted octanol–water partition coefficient (Wildman–Crippen LogP) is 2.77. The van der Waals surface area contributed by atoms with E-state index in [9.17, 15) is 4.79 Å². The third-order valence-corrected chi connectivity index (χ3v) is 3.58. The minimum Gasteiger partial charge on any atom is -0.475 e. The number of fused-ring (bicyclic) bond motifs is 1. The lowest BCUT2D eigenvalue weighted by molar-refractivity contribution is 0.0684. The lowest BCUT2D eigenvalue weighted by Gasteiger charge is -2.18. The summed E-state index contributed by atoms with van der Waals surface area (Å²) in [5.41, 5.74) is 2.63. The Hall–Kier alpha value is -2.37. The van der Waals surface area contributed by atoms with E-state index in [4.69, 9.17) is 5.11 Å².